The number of hydrogen-bond acceptors (Lipinski definition) is 4. The standard InChI is InChI=1S/C17H21N3O4/c1-10(17(23)24-3)19-16(22)15(20-11(2)21)8-12-9-18-14-7-5-4-6-13(12)14/h4-7,9-10,15,18H,8H2,1-3H3,(H,19,22)(H,20,21)/t10-,15-/m0/s1. The first-order chi connectivity index (χ1) is 11.4. The maximum atomic E-state index is 12.4. The molecule has 2 amide bonds. The Kier molecular flexibility index (Phi) is 5.57. The molecule has 7 heteroatoms. The van der Waals surface area contributed by atoms with Crippen LogP contribution < -0.4 is 10.6 Å². The number of esters is 1. The second-order valence-corrected chi connectivity index (χ2v) is 5.57. The first-order valence-electron chi connectivity index (χ1n) is 7.62. The van der Waals surface area contributed by atoms with E-state index in [9.17, 15) is 14.4 Å². The van der Waals surface area contributed by atoms with Gasteiger partial charge in [-0.3, -0.25) is 9.59 Å². The van der Waals surface area contributed by atoms with Crippen molar-refractivity contribution in [2.45, 2.75) is 32.4 Å². The highest BCUT2D eigenvalue weighted by atomic mass is 16.5. The van der Waals surface area contributed by atoms with Gasteiger partial charge in [0.15, 0.2) is 0 Å². The number of methoxy groups -OCH3 is 1. The lowest BCUT2D eigenvalue weighted by atomic mass is 10.0. The molecule has 2 atom stereocenters. The molecule has 0 saturated carbocycles. The van der Waals surface area contributed by atoms with E-state index in [-0.39, 0.29) is 5.91 Å². The van der Waals surface area contributed by atoms with Crippen LogP contribution in [0.5, 0.6) is 0 Å². The van der Waals surface area contributed by atoms with Crippen LogP contribution in [0.15, 0.2) is 30.5 Å². The average molecular weight is 331 g/mol. The van der Waals surface area contributed by atoms with Gasteiger partial charge in [0.1, 0.15) is 12.1 Å². The zero-order chi connectivity index (χ0) is 17.7. The molecule has 128 valence electrons. The van der Waals surface area contributed by atoms with Gasteiger partial charge in [0.05, 0.1) is 7.11 Å². The molecular weight excluding hydrogens is 310 g/mol. The lowest BCUT2D eigenvalue weighted by Gasteiger charge is -2.19. The van der Waals surface area contributed by atoms with Gasteiger partial charge in [0.25, 0.3) is 0 Å². The molecule has 3 N–H and O–H groups in total. The lowest BCUT2D eigenvalue weighted by Crippen LogP contribution is -2.51. The van der Waals surface area contributed by atoms with E-state index in [0.717, 1.165) is 16.5 Å². The van der Waals surface area contributed by atoms with Crippen LogP contribution >= 0.6 is 0 Å². The summed E-state index contributed by atoms with van der Waals surface area (Å²) in [6.45, 7) is 2.87. The van der Waals surface area contributed by atoms with Crippen molar-refractivity contribution in [2.24, 2.45) is 0 Å². The Labute approximate surface area is 139 Å². The number of rotatable bonds is 6. The number of para-hydroxylation sites is 1. The number of H-pyrrole nitrogens is 1. The van der Waals surface area contributed by atoms with Gasteiger partial charge in [-0.25, -0.2) is 4.79 Å². The molecule has 24 heavy (non-hydrogen) atoms. The van der Waals surface area contributed by atoms with Crippen LogP contribution in [-0.4, -0.2) is 42.0 Å². The molecule has 0 aliphatic heterocycles. The maximum absolute atomic E-state index is 12.4. The fraction of sp³-hybridized carbons (Fsp3) is 0.353. The van der Waals surface area contributed by atoms with Gasteiger partial charge >= 0.3 is 5.97 Å². The minimum atomic E-state index is -0.790. The molecule has 0 radical (unpaired) electrons. The molecule has 2 aromatic rings. The predicted molar refractivity (Wildman–Crippen MR) is 89.2 cm³/mol. The van der Waals surface area contributed by atoms with Crippen molar-refractivity contribution in [3.8, 4) is 0 Å². The van der Waals surface area contributed by atoms with Crippen LogP contribution in [0.2, 0.25) is 0 Å². The van der Waals surface area contributed by atoms with E-state index in [1.807, 2.05) is 30.5 Å². The van der Waals surface area contributed by atoms with Crippen LogP contribution in [0.3, 0.4) is 0 Å². The molecule has 0 fully saturated rings. The number of nitrogens with one attached hydrogen (secondary N) is 3. The largest absolute Gasteiger partial charge is 0.467 e. The Morgan fingerprint density at radius 2 is 1.92 bits per heavy atom. The molecule has 0 unspecified atom stereocenters. The summed E-state index contributed by atoms with van der Waals surface area (Å²) in [5.41, 5.74) is 1.86. The van der Waals surface area contributed by atoms with Crippen LogP contribution in [-0.2, 0) is 25.5 Å². The van der Waals surface area contributed by atoms with Crippen molar-refractivity contribution < 1.29 is 19.1 Å². The van der Waals surface area contributed by atoms with Crippen molar-refractivity contribution in [1.29, 1.82) is 0 Å². The number of benzene rings is 1. The summed E-state index contributed by atoms with van der Waals surface area (Å²) >= 11 is 0. The number of fused-ring (bicyclic) bond motifs is 1. The Hall–Kier alpha value is -2.83. The predicted octanol–water partition coefficient (Wildman–Crippen LogP) is 0.893. The molecule has 0 bridgehead atoms. The quantitative estimate of drug-likeness (QED) is 0.685. The van der Waals surface area contributed by atoms with Crippen molar-refractivity contribution in [1.82, 2.24) is 15.6 Å². The second-order valence-electron chi connectivity index (χ2n) is 5.57. The van der Waals surface area contributed by atoms with Gasteiger partial charge in [-0.2, -0.15) is 0 Å². The van der Waals surface area contributed by atoms with E-state index in [4.69, 9.17) is 0 Å². The van der Waals surface area contributed by atoms with E-state index >= 15 is 0 Å². The van der Waals surface area contributed by atoms with Crippen molar-refractivity contribution in [3.63, 3.8) is 0 Å². The molecule has 0 aliphatic rings. The van der Waals surface area contributed by atoms with Crippen LogP contribution in [0.4, 0.5) is 0 Å². The molecule has 1 aromatic heterocycles. The zero-order valence-electron chi connectivity index (χ0n) is 13.9. The molecule has 0 saturated heterocycles. The van der Waals surface area contributed by atoms with E-state index in [1.54, 1.807) is 0 Å². The first-order valence-corrected chi connectivity index (χ1v) is 7.62. The number of carbonyl (C=O) groups excluding carboxylic acids is 3. The molecule has 7 nitrogen and oxygen atoms in total. The highest BCUT2D eigenvalue weighted by Crippen LogP contribution is 2.19. The van der Waals surface area contributed by atoms with Gasteiger partial charge in [-0.1, -0.05) is 18.2 Å². The third-order valence-corrected chi connectivity index (χ3v) is 3.71. The van der Waals surface area contributed by atoms with E-state index in [2.05, 4.69) is 20.4 Å². The molecule has 0 aliphatic carbocycles. The van der Waals surface area contributed by atoms with Crippen molar-refractivity contribution in [3.05, 3.63) is 36.0 Å². The first kappa shape index (κ1) is 17.5. The van der Waals surface area contributed by atoms with Crippen molar-refractivity contribution in [2.75, 3.05) is 7.11 Å². The molecule has 1 aromatic carbocycles. The molecule has 0 spiro atoms. The number of aromatic nitrogens is 1. The van der Waals surface area contributed by atoms with Gasteiger partial charge in [0, 0.05) is 30.4 Å². The monoisotopic (exact) mass is 331 g/mol. The number of hydrogen-bond donors (Lipinski definition) is 3. The Balaban J connectivity index is 2.17. The summed E-state index contributed by atoms with van der Waals surface area (Å²) in [6, 6.07) is 6.13. The number of carbonyl (C=O) groups is 3. The maximum Gasteiger partial charge on any atom is 0.328 e. The topological polar surface area (TPSA) is 100 Å². The zero-order valence-corrected chi connectivity index (χ0v) is 13.9. The van der Waals surface area contributed by atoms with Gasteiger partial charge in [0.2, 0.25) is 11.8 Å². The normalized spacial score (nSPS) is 13.1. The van der Waals surface area contributed by atoms with E-state index < -0.39 is 24.0 Å². The van der Waals surface area contributed by atoms with Crippen molar-refractivity contribution >= 4 is 28.7 Å². The Bertz CT molecular complexity index is 753. The number of amides is 2. The lowest BCUT2D eigenvalue weighted by molar-refractivity contribution is -0.144. The molecular formula is C17H21N3O4. The summed E-state index contributed by atoms with van der Waals surface area (Å²) in [5.74, 6) is -1.30. The summed E-state index contributed by atoms with van der Waals surface area (Å²) in [6.07, 6.45) is 2.12. The fourth-order valence-corrected chi connectivity index (χ4v) is 2.52. The van der Waals surface area contributed by atoms with Gasteiger partial charge in [-0.15, -0.1) is 0 Å². The van der Waals surface area contributed by atoms with Crippen LogP contribution in [0.25, 0.3) is 10.9 Å². The Morgan fingerprint density at radius 3 is 2.58 bits per heavy atom. The third kappa shape index (κ3) is 4.13. The van der Waals surface area contributed by atoms with E-state index in [1.165, 1.54) is 21.0 Å². The third-order valence-electron chi connectivity index (χ3n) is 3.71. The highest BCUT2D eigenvalue weighted by Gasteiger charge is 2.25. The fourth-order valence-electron chi connectivity index (χ4n) is 2.52. The SMILES string of the molecule is COC(=O)[C@H](C)NC(=O)[C@H](Cc1c[nH]c2ccccc12)NC(C)=O. The average Bonchev–Trinajstić information content (AvgIpc) is 2.96. The highest BCUT2D eigenvalue weighted by molar-refractivity contribution is 5.91. The Morgan fingerprint density at radius 1 is 1.21 bits per heavy atom. The minimum absolute atomic E-state index is 0.309. The molecule has 2 rings (SSSR count). The van der Waals surface area contributed by atoms with Gasteiger partial charge < -0.3 is 20.4 Å². The summed E-state index contributed by atoms with van der Waals surface area (Å²) < 4.78 is 4.59. The second kappa shape index (κ2) is 7.63. The molecule has 1 heterocycles. The number of aromatic amines is 1. The summed E-state index contributed by atoms with van der Waals surface area (Å²) in [7, 11) is 1.25. The van der Waals surface area contributed by atoms with Gasteiger partial charge in [-0.05, 0) is 18.6 Å². The van der Waals surface area contributed by atoms with Crippen LogP contribution in [0.1, 0.15) is 19.4 Å². The number of ether oxygens (including phenoxy) is 1. The summed E-state index contributed by atoms with van der Waals surface area (Å²) in [4.78, 5) is 38.5. The van der Waals surface area contributed by atoms with Crippen LogP contribution in [0, 0.1) is 0 Å². The summed E-state index contributed by atoms with van der Waals surface area (Å²) in [5, 5.41) is 6.17. The smallest absolute Gasteiger partial charge is 0.328 e. The minimum Gasteiger partial charge on any atom is -0.467 e. The van der Waals surface area contributed by atoms with E-state index in [0.29, 0.717) is 6.42 Å².